The minimum Gasteiger partial charge on any atom is -0.481 e. The first-order chi connectivity index (χ1) is 16.5. The second-order valence-electron chi connectivity index (χ2n) is 9.07. The maximum atomic E-state index is 13.2. The molecule has 34 heavy (non-hydrogen) atoms. The van der Waals surface area contributed by atoms with Crippen LogP contribution in [0.2, 0.25) is 0 Å². The van der Waals surface area contributed by atoms with Crippen molar-refractivity contribution in [1.29, 1.82) is 0 Å². The van der Waals surface area contributed by atoms with E-state index in [1.165, 1.54) is 5.56 Å². The normalized spacial score (nSPS) is 19.3. The molecule has 0 bridgehead atoms. The van der Waals surface area contributed by atoms with Gasteiger partial charge in [0, 0.05) is 46.2 Å². The summed E-state index contributed by atoms with van der Waals surface area (Å²) in [5, 5.41) is 0. The molecule has 0 aromatic heterocycles. The molecular weight excluding hydrogens is 426 g/mol. The van der Waals surface area contributed by atoms with Crippen LogP contribution in [0.1, 0.15) is 43.0 Å². The van der Waals surface area contributed by atoms with Gasteiger partial charge < -0.3 is 14.5 Å². The molecule has 2 heterocycles. The van der Waals surface area contributed by atoms with Gasteiger partial charge in [0.25, 0.3) is 5.91 Å². The molecule has 180 valence electrons. The van der Waals surface area contributed by atoms with Gasteiger partial charge in [-0.2, -0.15) is 0 Å². The Kier molecular flexibility index (Phi) is 7.68. The van der Waals surface area contributed by atoms with Crippen LogP contribution >= 0.6 is 0 Å². The van der Waals surface area contributed by atoms with E-state index in [0.29, 0.717) is 31.8 Å². The van der Waals surface area contributed by atoms with Gasteiger partial charge in [0.15, 0.2) is 6.10 Å². The maximum absolute atomic E-state index is 13.2. The lowest BCUT2D eigenvalue weighted by atomic mass is 9.88. The minimum atomic E-state index is -0.522. The Morgan fingerprint density at radius 1 is 1.09 bits per heavy atom. The van der Waals surface area contributed by atoms with E-state index < -0.39 is 6.10 Å². The van der Waals surface area contributed by atoms with Crippen molar-refractivity contribution in [3.63, 3.8) is 0 Å². The summed E-state index contributed by atoms with van der Waals surface area (Å²) in [5.41, 5.74) is 3.37. The topological polar surface area (TPSA) is 53.1 Å². The third-order valence-corrected chi connectivity index (χ3v) is 6.86. The van der Waals surface area contributed by atoms with Gasteiger partial charge in [0.2, 0.25) is 5.91 Å². The van der Waals surface area contributed by atoms with Crippen LogP contribution < -0.4 is 4.74 Å². The molecule has 1 saturated heterocycles. The number of carbonyl (C=O) groups is 2. The summed E-state index contributed by atoms with van der Waals surface area (Å²) < 4.78 is 6.27. The zero-order chi connectivity index (χ0) is 24.1. The van der Waals surface area contributed by atoms with Crippen molar-refractivity contribution in [2.24, 2.45) is 0 Å². The van der Waals surface area contributed by atoms with Crippen molar-refractivity contribution in [1.82, 2.24) is 14.7 Å². The third-order valence-electron chi connectivity index (χ3n) is 6.86. The monoisotopic (exact) mass is 461 g/mol. The number of amides is 2. The van der Waals surface area contributed by atoms with Crippen LogP contribution in [-0.4, -0.2) is 71.9 Å². The van der Waals surface area contributed by atoms with Crippen molar-refractivity contribution in [2.75, 3.05) is 39.3 Å². The first kappa shape index (κ1) is 24.0. The predicted octanol–water partition coefficient (Wildman–Crippen LogP) is 3.67. The van der Waals surface area contributed by atoms with Gasteiger partial charge in [-0.3, -0.25) is 14.5 Å². The molecule has 2 aromatic rings. The predicted molar refractivity (Wildman–Crippen MR) is 134 cm³/mol. The van der Waals surface area contributed by atoms with E-state index in [4.69, 9.17) is 4.74 Å². The maximum Gasteiger partial charge on any atom is 0.263 e. The number of hydrogen-bond donors (Lipinski definition) is 0. The summed E-state index contributed by atoms with van der Waals surface area (Å²) in [4.78, 5) is 31.8. The summed E-state index contributed by atoms with van der Waals surface area (Å²) >= 11 is 0. The fourth-order valence-electron chi connectivity index (χ4n) is 5.01. The smallest absolute Gasteiger partial charge is 0.263 e. The van der Waals surface area contributed by atoms with Crippen LogP contribution in [0.15, 0.2) is 61.2 Å². The molecule has 2 aromatic carbocycles. The first-order valence-corrected chi connectivity index (χ1v) is 12.3. The molecule has 0 N–H and O–H groups in total. The average molecular weight is 462 g/mol. The Labute approximate surface area is 202 Å². The zero-order valence-electron chi connectivity index (χ0n) is 20.3. The van der Waals surface area contributed by atoms with E-state index in [9.17, 15) is 9.59 Å². The number of piperazine rings is 1. The third kappa shape index (κ3) is 5.17. The van der Waals surface area contributed by atoms with E-state index >= 15 is 0 Å². The fraction of sp³-hybridized carbons (Fsp3) is 0.429. The lowest BCUT2D eigenvalue weighted by Gasteiger charge is -2.38. The van der Waals surface area contributed by atoms with Crippen molar-refractivity contribution in [2.45, 2.75) is 38.8 Å². The Balaban J connectivity index is 1.54. The highest BCUT2D eigenvalue weighted by atomic mass is 16.5. The lowest BCUT2D eigenvalue weighted by molar-refractivity contribution is -0.140. The van der Waals surface area contributed by atoms with Crippen LogP contribution in [-0.2, 0) is 16.0 Å². The van der Waals surface area contributed by atoms with Crippen molar-refractivity contribution in [3.05, 3.63) is 77.9 Å². The van der Waals surface area contributed by atoms with Gasteiger partial charge in [0.05, 0.1) is 6.04 Å². The number of nitrogens with zero attached hydrogens (tertiary/aromatic N) is 3. The van der Waals surface area contributed by atoms with Crippen LogP contribution in [0.4, 0.5) is 0 Å². The highest BCUT2D eigenvalue weighted by molar-refractivity contribution is 5.81. The number of rotatable bonds is 7. The number of hydrogen-bond acceptors (Lipinski definition) is 4. The molecule has 4 rings (SSSR count). The molecule has 1 fully saturated rings. The average Bonchev–Trinajstić information content (AvgIpc) is 2.87. The summed E-state index contributed by atoms with van der Waals surface area (Å²) in [7, 11) is 0. The molecular formula is C28H35N3O3. The number of carbonyl (C=O) groups excluding carboxylic acids is 2. The molecule has 6 nitrogen and oxygen atoms in total. The zero-order valence-corrected chi connectivity index (χ0v) is 20.3. The molecule has 0 unspecified atom stereocenters. The summed E-state index contributed by atoms with van der Waals surface area (Å²) in [6.45, 7) is 12.1. The van der Waals surface area contributed by atoms with Gasteiger partial charge in [-0.25, -0.2) is 0 Å². The van der Waals surface area contributed by atoms with Gasteiger partial charge in [-0.1, -0.05) is 49.4 Å². The largest absolute Gasteiger partial charge is 0.481 e. The fourth-order valence-corrected chi connectivity index (χ4v) is 5.01. The van der Waals surface area contributed by atoms with E-state index in [2.05, 4.69) is 29.7 Å². The van der Waals surface area contributed by atoms with E-state index in [0.717, 1.165) is 37.2 Å². The molecule has 2 aliphatic heterocycles. The molecule has 2 amide bonds. The van der Waals surface area contributed by atoms with Gasteiger partial charge >= 0.3 is 0 Å². The van der Waals surface area contributed by atoms with Crippen molar-refractivity contribution in [3.8, 4) is 5.75 Å². The van der Waals surface area contributed by atoms with Crippen LogP contribution in [0.5, 0.6) is 5.75 Å². The van der Waals surface area contributed by atoms with E-state index in [1.54, 1.807) is 6.92 Å². The molecule has 2 aliphatic rings. The number of ether oxygens (including phenoxy) is 1. The number of fused-ring (bicyclic) bond motifs is 1. The van der Waals surface area contributed by atoms with Crippen LogP contribution in [0.25, 0.3) is 0 Å². The Bertz CT molecular complexity index is 1010. The molecule has 0 aliphatic carbocycles. The first-order valence-electron chi connectivity index (χ1n) is 12.3. The summed E-state index contributed by atoms with van der Waals surface area (Å²) in [6, 6.07) is 16.0. The molecule has 0 spiro atoms. The SMILES string of the molecule is C=CCN1CCN(C(=O)[C@H](CC)Oc2ccc3c(c2)[C@@H](c2ccccc2)N(C(C)=O)CC3)CC1. The van der Waals surface area contributed by atoms with Gasteiger partial charge in [-0.15, -0.1) is 6.58 Å². The summed E-state index contributed by atoms with van der Waals surface area (Å²) in [5.74, 6) is 0.780. The Morgan fingerprint density at radius 2 is 1.82 bits per heavy atom. The van der Waals surface area contributed by atoms with Gasteiger partial charge in [-0.05, 0) is 41.7 Å². The highest BCUT2D eigenvalue weighted by Crippen LogP contribution is 2.37. The standard InChI is InChI=1S/C28H35N3O3/c1-4-14-29-16-18-30(19-17-29)28(33)26(5-2)34-24-12-11-22-13-15-31(21(3)32)27(25(22)20-24)23-9-7-6-8-10-23/h4,6-12,20,26-27H,1,5,13-19H2,2-3H3/t26-,27+/m0/s1. The quantitative estimate of drug-likeness (QED) is 0.591. The van der Waals surface area contributed by atoms with Gasteiger partial charge in [0.1, 0.15) is 5.75 Å². The minimum absolute atomic E-state index is 0.0449. The van der Waals surface area contributed by atoms with Crippen molar-refractivity contribution < 1.29 is 14.3 Å². The van der Waals surface area contributed by atoms with Crippen molar-refractivity contribution >= 4 is 11.8 Å². The second-order valence-corrected chi connectivity index (χ2v) is 9.07. The molecule has 0 saturated carbocycles. The summed E-state index contributed by atoms with van der Waals surface area (Å²) in [6.07, 6.45) is 2.79. The van der Waals surface area contributed by atoms with E-state index in [1.807, 2.05) is 53.1 Å². The lowest BCUT2D eigenvalue weighted by Crippen LogP contribution is -2.52. The Morgan fingerprint density at radius 3 is 2.47 bits per heavy atom. The molecule has 0 radical (unpaired) electrons. The van der Waals surface area contributed by atoms with Crippen LogP contribution in [0.3, 0.4) is 0 Å². The molecule has 6 heteroatoms. The highest BCUT2D eigenvalue weighted by Gasteiger charge is 2.32. The Hall–Kier alpha value is -3.12. The molecule has 2 atom stereocenters. The van der Waals surface area contributed by atoms with Crippen LogP contribution in [0, 0.1) is 0 Å². The second kappa shape index (κ2) is 10.9. The number of benzene rings is 2. The van der Waals surface area contributed by atoms with E-state index in [-0.39, 0.29) is 17.9 Å².